The highest BCUT2D eigenvalue weighted by Crippen LogP contribution is 2.26. The van der Waals surface area contributed by atoms with Gasteiger partial charge in [-0.2, -0.15) is 5.10 Å². The highest BCUT2D eigenvalue weighted by atomic mass is 16.1. The number of pyridine rings is 1. The number of amides is 1. The van der Waals surface area contributed by atoms with Gasteiger partial charge in [0.15, 0.2) is 11.5 Å². The molecule has 0 aliphatic heterocycles. The fourth-order valence-corrected chi connectivity index (χ4v) is 3.04. The van der Waals surface area contributed by atoms with E-state index in [1.54, 1.807) is 23.3 Å². The van der Waals surface area contributed by atoms with E-state index in [-0.39, 0.29) is 5.91 Å². The number of hydrogen-bond donors (Lipinski definition) is 1. The molecule has 0 aliphatic rings. The standard InChI is InChI=1S/C21H21N7O/c1-27(12-10-18(29)24-16-8-4-3-5-9-16)20-17-14-23-28(2)21(17)26-19(25-20)15-7-6-11-22-13-15/h3-9,11,13-14H,10,12H2,1-2H3,(H,24,29). The van der Waals surface area contributed by atoms with Crippen LogP contribution in [0.4, 0.5) is 11.5 Å². The number of nitrogens with one attached hydrogen (secondary N) is 1. The number of aromatic nitrogens is 5. The third-order valence-electron chi connectivity index (χ3n) is 4.59. The van der Waals surface area contributed by atoms with Gasteiger partial charge in [0.05, 0.1) is 11.6 Å². The molecular weight excluding hydrogens is 366 g/mol. The number of hydrogen-bond acceptors (Lipinski definition) is 6. The third kappa shape index (κ3) is 4.06. The maximum absolute atomic E-state index is 12.3. The van der Waals surface area contributed by atoms with Gasteiger partial charge in [0.2, 0.25) is 5.91 Å². The summed E-state index contributed by atoms with van der Waals surface area (Å²) in [5.74, 6) is 1.26. The van der Waals surface area contributed by atoms with Crippen molar-refractivity contribution in [2.75, 3.05) is 23.8 Å². The molecule has 0 saturated heterocycles. The minimum absolute atomic E-state index is 0.0491. The molecule has 3 heterocycles. The molecule has 8 heteroatoms. The highest BCUT2D eigenvalue weighted by molar-refractivity contribution is 5.92. The summed E-state index contributed by atoms with van der Waals surface area (Å²) in [4.78, 5) is 27.8. The fraction of sp³-hybridized carbons (Fsp3) is 0.190. The lowest BCUT2D eigenvalue weighted by molar-refractivity contribution is -0.116. The number of para-hydroxylation sites is 1. The zero-order chi connectivity index (χ0) is 20.2. The van der Waals surface area contributed by atoms with Gasteiger partial charge in [-0.15, -0.1) is 0 Å². The van der Waals surface area contributed by atoms with Crippen LogP contribution in [0.25, 0.3) is 22.4 Å². The van der Waals surface area contributed by atoms with E-state index in [2.05, 4.69) is 20.4 Å². The first-order chi connectivity index (χ1) is 14.1. The van der Waals surface area contributed by atoms with Crippen LogP contribution in [0.1, 0.15) is 6.42 Å². The van der Waals surface area contributed by atoms with Crippen molar-refractivity contribution in [3.8, 4) is 11.4 Å². The Labute approximate surface area is 168 Å². The Morgan fingerprint density at radius 2 is 1.93 bits per heavy atom. The van der Waals surface area contributed by atoms with Crippen LogP contribution < -0.4 is 10.2 Å². The van der Waals surface area contributed by atoms with Crippen molar-refractivity contribution in [2.45, 2.75) is 6.42 Å². The molecule has 0 bridgehead atoms. The maximum Gasteiger partial charge on any atom is 0.226 e. The zero-order valence-electron chi connectivity index (χ0n) is 16.3. The summed E-state index contributed by atoms with van der Waals surface area (Å²) in [6.07, 6.45) is 5.52. The molecule has 3 aromatic heterocycles. The SMILES string of the molecule is CN(CCC(=O)Nc1ccccc1)c1nc(-c2cccnc2)nc2c1cnn2C. The van der Waals surface area contributed by atoms with Crippen molar-refractivity contribution >= 4 is 28.4 Å². The molecule has 1 amide bonds. The van der Waals surface area contributed by atoms with Gasteiger partial charge in [0, 0.05) is 50.7 Å². The first-order valence-corrected chi connectivity index (χ1v) is 9.28. The third-order valence-corrected chi connectivity index (χ3v) is 4.59. The molecule has 1 aromatic carbocycles. The molecule has 0 aliphatic carbocycles. The maximum atomic E-state index is 12.3. The normalized spacial score (nSPS) is 10.8. The van der Waals surface area contributed by atoms with Crippen LogP contribution in [0.3, 0.4) is 0 Å². The number of rotatable bonds is 6. The smallest absolute Gasteiger partial charge is 0.226 e. The van der Waals surface area contributed by atoms with Gasteiger partial charge in [-0.05, 0) is 24.3 Å². The van der Waals surface area contributed by atoms with Crippen LogP contribution in [-0.2, 0) is 11.8 Å². The van der Waals surface area contributed by atoms with Crippen molar-refractivity contribution < 1.29 is 4.79 Å². The van der Waals surface area contributed by atoms with Crippen LogP contribution in [0.15, 0.2) is 61.1 Å². The van der Waals surface area contributed by atoms with Gasteiger partial charge in [0.25, 0.3) is 0 Å². The van der Waals surface area contributed by atoms with Crippen LogP contribution in [0.5, 0.6) is 0 Å². The monoisotopic (exact) mass is 387 g/mol. The lowest BCUT2D eigenvalue weighted by atomic mass is 10.2. The number of carbonyl (C=O) groups is 1. The Kier molecular flexibility index (Phi) is 5.15. The Morgan fingerprint density at radius 1 is 1.10 bits per heavy atom. The van der Waals surface area contributed by atoms with Crippen molar-refractivity contribution in [1.29, 1.82) is 0 Å². The summed E-state index contributed by atoms with van der Waals surface area (Å²) in [7, 11) is 3.76. The van der Waals surface area contributed by atoms with E-state index in [1.165, 1.54) is 0 Å². The second kappa shape index (κ2) is 8.05. The van der Waals surface area contributed by atoms with E-state index in [1.807, 2.05) is 61.5 Å². The van der Waals surface area contributed by atoms with E-state index in [0.717, 1.165) is 28.1 Å². The molecule has 0 fully saturated rings. The number of carbonyl (C=O) groups excluding carboxylic acids is 1. The lowest BCUT2D eigenvalue weighted by Crippen LogP contribution is -2.25. The lowest BCUT2D eigenvalue weighted by Gasteiger charge is -2.19. The second-order valence-electron chi connectivity index (χ2n) is 6.70. The number of benzene rings is 1. The summed E-state index contributed by atoms with van der Waals surface area (Å²) in [6, 6.07) is 13.2. The predicted molar refractivity (Wildman–Crippen MR) is 112 cm³/mol. The molecule has 1 N–H and O–H groups in total. The van der Waals surface area contributed by atoms with Gasteiger partial charge >= 0.3 is 0 Å². The molecule has 4 rings (SSSR count). The van der Waals surface area contributed by atoms with Gasteiger partial charge in [-0.3, -0.25) is 14.5 Å². The molecule has 146 valence electrons. The Hall–Kier alpha value is -3.81. The van der Waals surface area contributed by atoms with Crippen LogP contribution in [0.2, 0.25) is 0 Å². The molecule has 8 nitrogen and oxygen atoms in total. The largest absolute Gasteiger partial charge is 0.358 e. The minimum atomic E-state index is -0.0491. The van der Waals surface area contributed by atoms with Crippen LogP contribution in [-0.4, -0.2) is 44.2 Å². The summed E-state index contributed by atoms with van der Waals surface area (Å²) in [6.45, 7) is 0.506. The molecule has 0 radical (unpaired) electrons. The van der Waals surface area contributed by atoms with Gasteiger partial charge in [-0.1, -0.05) is 18.2 Å². The van der Waals surface area contributed by atoms with Gasteiger partial charge < -0.3 is 10.2 Å². The average molecular weight is 387 g/mol. The van der Waals surface area contributed by atoms with Gasteiger partial charge in [-0.25, -0.2) is 9.97 Å². The molecular formula is C21H21N7O. The zero-order valence-corrected chi connectivity index (χ0v) is 16.3. The summed E-state index contributed by atoms with van der Waals surface area (Å²) < 4.78 is 1.72. The van der Waals surface area contributed by atoms with Crippen molar-refractivity contribution in [2.24, 2.45) is 7.05 Å². The van der Waals surface area contributed by atoms with Crippen LogP contribution in [0, 0.1) is 0 Å². The quantitative estimate of drug-likeness (QED) is 0.547. The fourth-order valence-electron chi connectivity index (χ4n) is 3.04. The number of aryl methyl sites for hydroxylation is 1. The topological polar surface area (TPSA) is 88.8 Å². The highest BCUT2D eigenvalue weighted by Gasteiger charge is 2.16. The first kappa shape index (κ1) is 18.5. The summed E-state index contributed by atoms with van der Waals surface area (Å²) >= 11 is 0. The minimum Gasteiger partial charge on any atom is -0.358 e. The van der Waals surface area contributed by atoms with E-state index in [0.29, 0.717) is 18.8 Å². The predicted octanol–water partition coefficient (Wildman–Crippen LogP) is 2.89. The van der Waals surface area contributed by atoms with E-state index in [9.17, 15) is 4.79 Å². The Balaban J connectivity index is 1.56. The Bertz CT molecular complexity index is 1130. The second-order valence-corrected chi connectivity index (χ2v) is 6.70. The molecule has 0 unspecified atom stereocenters. The average Bonchev–Trinajstić information content (AvgIpc) is 3.13. The Morgan fingerprint density at radius 3 is 2.69 bits per heavy atom. The van der Waals surface area contributed by atoms with Crippen molar-refractivity contribution in [3.63, 3.8) is 0 Å². The molecule has 0 spiro atoms. The molecule has 0 saturated carbocycles. The van der Waals surface area contributed by atoms with E-state index >= 15 is 0 Å². The van der Waals surface area contributed by atoms with Crippen LogP contribution >= 0.6 is 0 Å². The number of nitrogens with zero attached hydrogens (tertiary/aromatic N) is 6. The number of fused-ring (bicyclic) bond motifs is 1. The first-order valence-electron chi connectivity index (χ1n) is 9.28. The number of anilines is 2. The molecule has 29 heavy (non-hydrogen) atoms. The van der Waals surface area contributed by atoms with E-state index < -0.39 is 0 Å². The van der Waals surface area contributed by atoms with Crippen molar-refractivity contribution in [3.05, 3.63) is 61.1 Å². The van der Waals surface area contributed by atoms with Gasteiger partial charge in [0.1, 0.15) is 5.82 Å². The summed E-state index contributed by atoms with van der Waals surface area (Å²) in [5.41, 5.74) is 2.34. The molecule has 4 aromatic rings. The molecule has 0 atom stereocenters. The van der Waals surface area contributed by atoms with E-state index in [4.69, 9.17) is 4.98 Å². The van der Waals surface area contributed by atoms with Crippen molar-refractivity contribution in [1.82, 2.24) is 24.7 Å². The summed E-state index contributed by atoms with van der Waals surface area (Å²) in [5, 5.41) is 8.06.